The van der Waals surface area contributed by atoms with E-state index in [2.05, 4.69) is 43.3 Å². The molecule has 0 spiro atoms. The first-order chi connectivity index (χ1) is 7.25. The van der Waals surface area contributed by atoms with E-state index >= 15 is 0 Å². The van der Waals surface area contributed by atoms with Crippen LogP contribution in [0.25, 0.3) is 0 Å². The number of rotatable bonds is 4. The van der Waals surface area contributed by atoms with Gasteiger partial charge in [0.2, 0.25) is 0 Å². The topological polar surface area (TPSA) is 59.1 Å². The molecule has 0 aromatic carbocycles. The lowest BCUT2D eigenvalue weighted by Gasteiger charge is -2.33. The summed E-state index contributed by atoms with van der Waals surface area (Å²) in [5, 5.41) is 7.63. The monoisotopic (exact) mass is 225 g/mol. The number of nitrogens with two attached hydrogens (primary N) is 1. The molecule has 0 radical (unpaired) electrons. The smallest absolute Gasteiger partial charge is 0.147 e. The number of nitrogens with zero attached hydrogens (tertiary/aromatic N) is 3. The maximum atomic E-state index is 5.95. The number of hydrogen-bond acceptors (Lipinski definition) is 4. The van der Waals surface area contributed by atoms with E-state index in [9.17, 15) is 0 Å². The zero-order chi connectivity index (χ0) is 12.5. The lowest BCUT2D eigenvalue weighted by molar-refractivity contribution is 0.210. The van der Waals surface area contributed by atoms with E-state index in [1.165, 1.54) is 0 Å². The Morgan fingerprint density at radius 1 is 1.44 bits per heavy atom. The quantitative estimate of drug-likeness (QED) is 0.804. The highest BCUT2D eigenvalue weighted by atomic mass is 15.3. The first kappa shape index (κ1) is 12.8. The van der Waals surface area contributed by atoms with Gasteiger partial charge in [0.15, 0.2) is 0 Å². The van der Waals surface area contributed by atoms with E-state index in [1.807, 2.05) is 14.0 Å². The third-order valence-electron chi connectivity index (χ3n) is 3.17. The van der Waals surface area contributed by atoms with Gasteiger partial charge in [-0.2, -0.15) is 5.10 Å². The number of aryl methyl sites for hydroxylation is 2. The van der Waals surface area contributed by atoms with Crippen LogP contribution in [0.4, 0.5) is 11.5 Å². The summed E-state index contributed by atoms with van der Waals surface area (Å²) in [7, 11) is 6.04. The van der Waals surface area contributed by atoms with Crippen molar-refractivity contribution in [1.82, 2.24) is 14.7 Å². The van der Waals surface area contributed by atoms with Gasteiger partial charge in [0.25, 0.3) is 0 Å². The molecular weight excluding hydrogens is 202 g/mol. The van der Waals surface area contributed by atoms with Gasteiger partial charge in [-0.1, -0.05) is 0 Å². The Morgan fingerprint density at radius 2 is 2.00 bits per heavy atom. The van der Waals surface area contributed by atoms with E-state index < -0.39 is 0 Å². The molecule has 1 aromatic rings. The second-order valence-electron chi connectivity index (χ2n) is 5.03. The largest absolute Gasteiger partial charge is 0.394 e. The van der Waals surface area contributed by atoms with Crippen LogP contribution in [0.1, 0.15) is 19.5 Å². The third kappa shape index (κ3) is 2.47. The minimum Gasteiger partial charge on any atom is -0.394 e. The van der Waals surface area contributed by atoms with Gasteiger partial charge in [0, 0.05) is 19.1 Å². The van der Waals surface area contributed by atoms with Crippen LogP contribution in [0.2, 0.25) is 0 Å². The molecule has 0 saturated carbocycles. The highest BCUT2D eigenvalue weighted by Crippen LogP contribution is 2.22. The van der Waals surface area contributed by atoms with Crippen LogP contribution in [0.5, 0.6) is 0 Å². The van der Waals surface area contributed by atoms with Crippen molar-refractivity contribution in [1.29, 1.82) is 0 Å². The van der Waals surface area contributed by atoms with Gasteiger partial charge < -0.3 is 16.0 Å². The Bertz CT molecular complexity index is 365. The van der Waals surface area contributed by atoms with Gasteiger partial charge in [-0.3, -0.25) is 4.68 Å². The molecule has 0 atom stereocenters. The molecule has 3 N–H and O–H groups in total. The van der Waals surface area contributed by atoms with E-state index in [-0.39, 0.29) is 5.54 Å². The number of aromatic nitrogens is 2. The van der Waals surface area contributed by atoms with E-state index in [1.54, 1.807) is 4.68 Å². The van der Waals surface area contributed by atoms with Gasteiger partial charge in [-0.25, -0.2) is 0 Å². The predicted octanol–water partition coefficient (Wildman–Crippen LogP) is 1.06. The molecule has 0 amide bonds. The molecule has 16 heavy (non-hydrogen) atoms. The van der Waals surface area contributed by atoms with Gasteiger partial charge in [-0.05, 0) is 34.9 Å². The molecule has 0 aliphatic carbocycles. The summed E-state index contributed by atoms with van der Waals surface area (Å²) in [6, 6.07) is 0. The van der Waals surface area contributed by atoms with Crippen molar-refractivity contribution in [2.45, 2.75) is 26.3 Å². The van der Waals surface area contributed by atoms with E-state index in [0.29, 0.717) is 0 Å². The molecule has 92 valence electrons. The number of hydrogen-bond donors (Lipinski definition) is 2. The van der Waals surface area contributed by atoms with Crippen LogP contribution in [0.3, 0.4) is 0 Å². The molecule has 0 aliphatic rings. The molecule has 0 bridgehead atoms. The standard InChI is InChI=1S/C11H23N5/c1-8-9(12)10(16(6)14-8)13-7-11(2,3)15(4)5/h13H,7,12H2,1-6H3. The summed E-state index contributed by atoms with van der Waals surface area (Å²) in [5.41, 5.74) is 7.63. The molecule has 5 heteroatoms. The highest BCUT2D eigenvalue weighted by Gasteiger charge is 2.21. The SMILES string of the molecule is Cc1nn(C)c(NCC(C)(C)N(C)C)c1N. The average Bonchev–Trinajstić information content (AvgIpc) is 2.39. The van der Waals surface area contributed by atoms with Crippen molar-refractivity contribution in [2.75, 3.05) is 31.7 Å². The molecule has 0 fully saturated rings. The fourth-order valence-corrected chi connectivity index (χ4v) is 1.34. The van der Waals surface area contributed by atoms with E-state index in [0.717, 1.165) is 23.7 Å². The van der Waals surface area contributed by atoms with Crippen molar-refractivity contribution in [3.05, 3.63) is 5.69 Å². The third-order valence-corrected chi connectivity index (χ3v) is 3.17. The van der Waals surface area contributed by atoms with Crippen molar-refractivity contribution in [3.63, 3.8) is 0 Å². The minimum atomic E-state index is 0.0740. The Labute approximate surface area is 97.6 Å². The zero-order valence-corrected chi connectivity index (χ0v) is 11.1. The lowest BCUT2D eigenvalue weighted by Crippen LogP contribution is -2.44. The second-order valence-corrected chi connectivity index (χ2v) is 5.03. The number of nitrogen functional groups attached to an aromatic ring is 1. The van der Waals surface area contributed by atoms with Crippen molar-refractivity contribution < 1.29 is 0 Å². The second kappa shape index (κ2) is 4.33. The first-order valence-corrected chi connectivity index (χ1v) is 5.46. The fourth-order valence-electron chi connectivity index (χ4n) is 1.34. The van der Waals surface area contributed by atoms with Crippen LogP contribution in [0, 0.1) is 6.92 Å². The van der Waals surface area contributed by atoms with Gasteiger partial charge in [0.1, 0.15) is 5.82 Å². The molecule has 1 aromatic heterocycles. The maximum absolute atomic E-state index is 5.95. The molecule has 0 saturated heterocycles. The normalized spacial score (nSPS) is 12.2. The summed E-state index contributed by atoms with van der Waals surface area (Å²) in [5.74, 6) is 0.896. The molecule has 0 unspecified atom stereocenters. The van der Waals surface area contributed by atoms with Crippen LogP contribution in [-0.2, 0) is 7.05 Å². The van der Waals surface area contributed by atoms with Gasteiger partial charge in [-0.15, -0.1) is 0 Å². The molecule has 0 aliphatic heterocycles. The Morgan fingerprint density at radius 3 is 2.38 bits per heavy atom. The molecular formula is C11H23N5. The summed E-state index contributed by atoms with van der Waals surface area (Å²) >= 11 is 0. The summed E-state index contributed by atoms with van der Waals surface area (Å²) in [6.07, 6.45) is 0. The van der Waals surface area contributed by atoms with Crippen molar-refractivity contribution in [2.24, 2.45) is 7.05 Å². The lowest BCUT2D eigenvalue weighted by atomic mass is 10.0. The molecule has 1 heterocycles. The van der Waals surface area contributed by atoms with Crippen LogP contribution in [0.15, 0.2) is 0 Å². The Kier molecular flexibility index (Phi) is 3.48. The predicted molar refractivity (Wildman–Crippen MR) is 68.6 cm³/mol. The summed E-state index contributed by atoms with van der Waals surface area (Å²) in [6.45, 7) is 7.10. The fraction of sp³-hybridized carbons (Fsp3) is 0.727. The van der Waals surface area contributed by atoms with Crippen LogP contribution < -0.4 is 11.1 Å². The van der Waals surface area contributed by atoms with Gasteiger partial charge >= 0.3 is 0 Å². The highest BCUT2D eigenvalue weighted by molar-refractivity contribution is 5.64. The Balaban J connectivity index is 2.75. The Hall–Kier alpha value is -1.23. The zero-order valence-electron chi connectivity index (χ0n) is 11.1. The number of anilines is 2. The number of nitrogens with one attached hydrogen (secondary N) is 1. The molecule has 1 rings (SSSR count). The average molecular weight is 225 g/mol. The maximum Gasteiger partial charge on any atom is 0.147 e. The molecule has 5 nitrogen and oxygen atoms in total. The first-order valence-electron chi connectivity index (χ1n) is 5.46. The summed E-state index contributed by atoms with van der Waals surface area (Å²) in [4.78, 5) is 2.18. The van der Waals surface area contributed by atoms with Crippen LogP contribution in [-0.4, -0.2) is 40.9 Å². The minimum absolute atomic E-state index is 0.0740. The van der Waals surface area contributed by atoms with Crippen LogP contribution >= 0.6 is 0 Å². The van der Waals surface area contributed by atoms with Gasteiger partial charge in [0.05, 0.1) is 11.4 Å². The van der Waals surface area contributed by atoms with E-state index in [4.69, 9.17) is 5.73 Å². The van der Waals surface area contributed by atoms with Crippen molar-refractivity contribution >= 4 is 11.5 Å². The van der Waals surface area contributed by atoms with Crippen molar-refractivity contribution in [3.8, 4) is 0 Å². The number of likely N-dealkylation sites (N-methyl/N-ethyl adjacent to an activating group) is 1. The summed E-state index contributed by atoms with van der Waals surface area (Å²) < 4.78 is 1.79.